The van der Waals surface area contributed by atoms with Crippen LogP contribution in [-0.2, 0) is 11.3 Å². The van der Waals surface area contributed by atoms with Gasteiger partial charge < -0.3 is 15.4 Å². The predicted molar refractivity (Wildman–Crippen MR) is 102 cm³/mol. The molecule has 132 valence electrons. The second kappa shape index (κ2) is 9.22. The van der Waals surface area contributed by atoms with Crippen LogP contribution in [0.2, 0.25) is 0 Å². The molecule has 0 radical (unpaired) electrons. The van der Waals surface area contributed by atoms with E-state index < -0.39 is 0 Å². The van der Waals surface area contributed by atoms with Crippen molar-refractivity contribution in [2.45, 2.75) is 13.0 Å². The summed E-state index contributed by atoms with van der Waals surface area (Å²) in [7, 11) is 0. The molecule has 0 saturated heterocycles. The molecule has 0 bridgehead atoms. The van der Waals surface area contributed by atoms with Crippen molar-refractivity contribution >= 4 is 11.6 Å². The molecule has 2 aromatic carbocycles. The lowest BCUT2D eigenvalue weighted by molar-refractivity contribution is -0.121. The molecule has 0 fully saturated rings. The van der Waals surface area contributed by atoms with Crippen LogP contribution in [0.5, 0.6) is 11.5 Å². The lowest BCUT2D eigenvalue weighted by Gasteiger charge is -2.09. The molecule has 0 saturated carbocycles. The molecule has 1 amide bonds. The second-order valence-electron chi connectivity index (χ2n) is 5.71. The molecule has 5 nitrogen and oxygen atoms in total. The van der Waals surface area contributed by atoms with Gasteiger partial charge in [-0.25, -0.2) is 0 Å². The van der Waals surface area contributed by atoms with Gasteiger partial charge >= 0.3 is 0 Å². The van der Waals surface area contributed by atoms with Crippen molar-refractivity contribution in [1.29, 1.82) is 0 Å². The Balaban J connectivity index is 1.38. The van der Waals surface area contributed by atoms with Gasteiger partial charge in [-0.3, -0.25) is 9.78 Å². The Kier molecular flexibility index (Phi) is 6.20. The normalized spacial score (nSPS) is 10.2. The first kappa shape index (κ1) is 17.5. The molecule has 0 atom stereocenters. The summed E-state index contributed by atoms with van der Waals surface area (Å²) in [6.45, 7) is 1.01. The molecule has 3 aromatic rings. The smallest absolute Gasteiger partial charge is 0.222 e. The monoisotopic (exact) mass is 347 g/mol. The Morgan fingerprint density at radius 3 is 2.35 bits per heavy atom. The molecular formula is C21H21N3O2. The minimum absolute atomic E-state index is 0.00724. The third-order valence-electron chi connectivity index (χ3n) is 3.71. The fourth-order valence-corrected chi connectivity index (χ4v) is 2.37. The van der Waals surface area contributed by atoms with Gasteiger partial charge in [0.25, 0.3) is 0 Å². The van der Waals surface area contributed by atoms with E-state index in [1.54, 1.807) is 6.20 Å². The number of nitrogens with one attached hydrogen (secondary N) is 2. The van der Waals surface area contributed by atoms with E-state index in [9.17, 15) is 4.79 Å². The van der Waals surface area contributed by atoms with Gasteiger partial charge in [-0.1, -0.05) is 24.3 Å². The fourth-order valence-electron chi connectivity index (χ4n) is 2.37. The molecule has 3 rings (SSSR count). The molecule has 0 unspecified atom stereocenters. The van der Waals surface area contributed by atoms with Crippen LogP contribution in [-0.4, -0.2) is 17.4 Å². The van der Waals surface area contributed by atoms with Gasteiger partial charge in [0, 0.05) is 24.8 Å². The first-order chi connectivity index (χ1) is 12.8. The first-order valence-electron chi connectivity index (χ1n) is 8.53. The molecule has 26 heavy (non-hydrogen) atoms. The Morgan fingerprint density at radius 2 is 1.62 bits per heavy atom. The number of ether oxygens (including phenoxy) is 1. The highest BCUT2D eigenvalue weighted by atomic mass is 16.5. The summed E-state index contributed by atoms with van der Waals surface area (Å²) in [5.74, 6) is 1.57. The third-order valence-corrected chi connectivity index (χ3v) is 3.71. The summed E-state index contributed by atoms with van der Waals surface area (Å²) in [4.78, 5) is 16.0. The van der Waals surface area contributed by atoms with Crippen molar-refractivity contribution in [3.05, 3.63) is 84.7 Å². The molecule has 1 heterocycles. The minimum atomic E-state index is -0.00724. The number of rotatable bonds is 8. The van der Waals surface area contributed by atoms with Crippen molar-refractivity contribution in [2.75, 3.05) is 11.9 Å². The topological polar surface area (TPSA) is 63.2 Å². The van der Waals surface area contributed by atoms with Gasteiger partial charge in [-0.05, 0) is 48.5 Å². The highest BCUT2D eigenvalue weighted by Gasteiger charge is 2.02. The van der Waals surface area contributed by atoms with Crippen LogP contribution in [0.3, 0.4) is 0 Å². The summed E-state index contributed by atoms with van der Waals surface area (Å²) in [5, 5.41) is 6.09. The maximum absolute atomic E-state index is 11.9. The average Bonchev–Trinajstić information content (AvgIpc) is 2.69. The number of amides is 1. The number of benzene rings is 2. The first-order valence-corrected chi connectivity index (χ1v) is 8.53. The summed E-state index contributed by atoms with van der Waals surface area (Å²) in [6, 6.07) is 23.0. The summed E-state index contributed by atoms with van der Waals surface area (Å²) in [5.41, 5.74) is 1.80. The third kappa shape index (κ3) is 5.63. The molecular weight excluding hydrogens is 326 g/mol. The van der Waals surface area contributed by atoms with Gasteiger partial charge in [0.15, 0.2) is 0 Å². The number of nitrogens with zero attached hydrogens (tertiary/aromatic N) is 1. The summed E-state index contributed by atoms with van der Waals surface area (Å²) < 4.78 is 5.75. The van der Waals surface area contributed by atoms with E-state index in [1.807, 2.05) is 72.8 Å². The standard InChI is InChI=1S/C21H21N3O2/c25-21(24-16-18-6-4-5-14-22-18)13-15-23-17-9-11-20(12-10-17)26-19-7-2-1-3-8-19/h1-12,14,23H,13,15-16H2,(H,24,25). The van der Waals surface area contributed by atoms with Crippen LogP contribution in [0.15, 0.2) is 79.0 Å². The zero-order valence-corrected chi connectivity index (χ0v) is 14.4. The van der Waals surface area contributed by atoms with Crippen LogP contribution >= 0.6 is 0 Å². The SMILES string of the molecule is O=C(CCNc1ccc(Oc2ccccc2)cc1)NCc1ccccn1. The highest BCUT2D eigenvalue weighted by Crippen LogP contribution is 2.22. The van der Waals surface area contributed by atoms with Gasteiger partial charge in [0.05, 0.1) is 12.2 Å². The number of anilines is 1. The summed E-state index contributed by atoms with van der Waals surface area (Å²) in [6.07, 6.45) is 2.11. The fraction of sp³-hybridized carbons (Fsp3) is 0.143. The lowest BCUT2D eigenvalue weighted by Crippen LogP contribution is -2.25. The van der Waals surface area contributed by atoms with E-state index in [0.29, 0.717) is 19.5 Å². The van der Waals surface area contributed by atoms with Crippen LogP contribution in [0.25, 0.3) is 0 Å². The predicted octanol–water partition coefficient (Wildman–Crippen LogP) is 3.99. The number of carbonyl (C=O) groups excluding carboxylic acids is 1. The van der Waals surface area contributed by atoms with E-state index in [-0.39, 0.29) is 5.91 Å². The number of hydrogen-bond acceptors (Lipinski definition) is 4. The van der Waals surface area contributed by atoms with Crippen LogP contribution in [0.1, 0.15) is 12.1 Å². The number of aromatic nitrogens is 1. The zero-order valence-electron chi connectivity index (χ0n) is 14.4. The highest BCUT2D eigenvalue weighted by molar-refractivity contribution is 5.76. The number of hydrogen-bond donors (Lipinski definition) is 2. The van der Waals surface area contributed by atoms with Crippen LogP contribution in [0, 0.1) is 0 Å². The Bertz CT molecular complexity index is 806. The second-order valence-corrected chi connectivity index (χ2v) is 5.71. The average molecular weight is 347 g/mol. The maximum Gasteiger partial charge on any atom is 0.222 e. The molecule has 0 aliphatic rings. The van der Waals surface area contributed by atoms with Crippen molar-refractivity contribution in [1.82, 2.24) is 10.3 Å². The molecule has 2 N–H and O–H groups in total. The largest absolute Gasteiger partial charge is 0.457 e. The van der Waals surface area contributed by atoms with E-state index in [1.165, 1.54) is 0 Å². The molecule has 1 aromatic heterocycles. The maximum atomic E-state index is 11.9. The molecule has 5 heteroatoms. The number of para-hydroxylation sites is 1. The summed E-state index contributed by atoms with van der Waals surface area (Å²) >= 11 is 0. The Labute approximate surface area is 153 Å². The van der Waals surface area contributed by atoms with Gasteiger partial charge in [0.2, 0.25) is 5.91 Å². The van der Waals surface area contributed by atoms with E-state index in [2.05, 4.69) is 15.6 Å². The molecule has 0 aliphatic heterocycles. The van der Waals surface area contributed by atoms with Crippen molar-refractivity contribution in [3.8, 4) is 11.5 Å². The van der Waals surface area contributed by atoms with E-state index in [0.717, 1.165) is 22.9 Å². The number of carbonyl (C=O) groups is 1. The minimum Gasteiger partial charge on any atom is -0.457 e. The van der Waals surface area contributed by atoms with Crippen molar-refractivity contribution in [3.63, 3.8) is 0 Å². The quantitative estimate of drug-likeness (QED) is 0.647. The van der Waals surface area contributed by atoms with Gasteiger partial charge in [0.1, 0.15) is 11.5 Å². The van der Waals surface area contributed by atoms with E-state index >= 15 is 0 Å². The lowest BCUT2D eigenvalue weighted by atomic mass is 10.3. The Hall–Kier alpha value is -3.34. The van der Waals surface area contributed by atoms with Crippen LogP contribution in [0.4, 0.5) is 5.69 Å². The van der Waals surface area contributed by atoms with Gasteiger partial charge in [-0.15, -0.1) is 0 Å². The van der Waals surface area contributed by atoms with Gasteiger partial charge in [-0.2, -0.15) is 0 Å². The van der Waals surface area contributed by atoms with Crippen molar-refractivity contribution in [2.24, 2.45) is 0 Å². The Morgan fingerprint density at radius 1 is 0.885 bits per heavy atom. The number of pyridine rings is 1. The van der Waals surface area contributed by atoms with Crippen LogP contribution < -0.4 is 15.4 Å². The molecule has 0 aliphatic carbocycles. The van der Waals surface area contributed by atoms with E-state index in [4.69, 9.17) is 4.74 Å². The molecule has 0 spiro atoms. The van der Waals surface area contributed by atoms with Crippen molar-refractivity contribution < 1.29 is 9.53 Å². The zero-order chi connectivity index (χ0) is 18.0.